The number of unbranched alkanes of at least 4 members (excludes halogenated alkanes) is 7. The van der Waals surface area contributed by atoms with Gasteiger partial charge in [0.05, 0.1) is 25.4 Å². The zero-order valence-corrected chi connectivity index (χ0v) is 35.0. The molecule has 0 aromatic carbocycles. The highest BCUT2D eigenvalue weighted by Crippen LogP contribution is 2.22. The highest BCUT2D eigenvalue weighted by atomic mass is 16.7. The zero-order valence-electron chi connectivity index (χ0n) is 35.0. The molecule has 1 saturated heterocycles. The summed E-state index contributed by atoms with van der Waals surface area (Å²) in [6.45, 7) is 3.50. The van der Waals surface area contributed by atoms with Crippen LogP contribution in [0.3, 0.4) is 0 Å². The summed E-state index contributed by atoms with van der Waals surface area (Å²) in [6, 6.07) is -0.848. The van der Waals surface area contributed by atoms with Crippen molar-refractivity contribution in [2.24, 2.45) is 0 Å². The first kappa shape index (κ1) is 51.9. The highest BCUT2D eigenvalue weighted by molar-refractivity contribution is 5.76. The highest BCUT2D eigenvalue weighted by Gasteiger charge is 2.44. The van der Waals surface area contributed by atoms with Gasteiger partial charge in [0.2, 0.25) is 5.91 Å². The van der Waals surface area contributed by atoms with Crippen molar-refractivity contribution >= 4 is 5.91 Å². The molecular formula is C48H77NO8. The Bertz CT molecular complexity index is 1250. The van der Waals surface area contributed by atoms with Crippen LogP contribution in [0.1, 0.15) is 129 Å². The summed E-state index contributed by atoms with van der Waals surface area (Å²) in [7, 11) is 0. The maximum Gasteiger partial charge on any atom is 0.220 e. The van der Waals surface area contributed by atoms with Gasteiger partial charge in [0.1, 0.15) is 24.4 Å². The number of allylic oxidation sites excluding steroid dienone is 17. The predicted molar refractivity (Wildman–Crippen MR) is 234 cm³/mol. The molecule has 7 unspecified atom stereocenters. The summed E-state index contributed by atoms with van der Waals surface area (Å²) < 4.78 is 11.1. The summed E-state index contributed by atoms with van der Waals surface area (Å²) in [5.74, 6) is -0.224. The van der Waals surface area contributed by atoms with Gasteiger partial charge in [0.25, 0.3) is 0 Å². The van der Waals surface area contributed by atoms with Crippen molar-refractivity contribution in [2.75, 3.05) is 13.2 Å². The monoisotopic (exact) mass is 796 g/mol. The molecule has 0 aliphatic carbocycles. The number of amides is 1. The summed E-state index contributed by atoms with van der Waals surface area (Å²) in [5.41, 5.74) is 0. The van der Waals surface area contributed by atoms with Gasteiger partial charge in [-0.2, -0.15) is 0 Å². The van der Waals surface area contributed by atoms with E-state index in [0.29, 0.717) is 19.3 Å². The minimum Gasteiger partial charge on any atom is -0.394 e. The van der Waals surface area contributed by atoms with Gasteiger partial charge in [-0.3, -0.25) is 4.79 Å². The van der Waals surface area contributed by atoms with Gasteiger partial charge in [-0.1, -0.05) is 142 Å². The molecule has 0 bridgehead atoms. The molecule has 0 radical (unpaired) electrons. The predicted octanol–water partition coefficient (Wildman–Crippen LogP) is 8.72. The number of aliphatic hydroxyl groups is 5. The van der Waals surface area contributed by atoms with Gasteiger partial charge >= 0.3 is 0 Å². The van der Waals surface area contributed by atoms with Gasteiger partial charge in [-0.25, -0.2) is 0 Å². The molecule has 0 spiro atoms. The minimum atomic E-state index is -1.58. The Morgan fingerprint density at radius 3 is 1.65 bits per heavy atom. The number of ether oxygens (including phenoxy) is 2. The Morgan fingerprint density at radius 1 is 0.614 bits per heavy atom. The third kappa shape index (κ3) is 28.0. The lowest BCUT2D eigenvalue weighted by molar-refractivity contribution is -0.302. The molecule has 1 heterocycles. The number of hydrogen-bond acceptors (Lipinski definition) is 8. The fourth-order valence-electron chi connectivity index (χ4n) is 5.84. The van der Waals surface area contributed by atoms with Crippen molar-refractivity contribution in [1.29, 1.82) is 0 Å². The number of hydrogen-bond donors (Lipinski definition) is 6. The molecule has 0 aromatic rings. The molecule has 7 atom stereocenters. The van der Waals surface area contributed by atoms with E-state index < -0.39 is 49.5 Å². The first-order chi connectivity index (χ1) is 27.8. The average Bonchev–Trinajstić information content (AvgIpc) is 3.21. The lowest BCUT2D eigenvalue weighted by Crippen LogP contribution is -2.60. The van der Waals surface area contributed by atoms with Crippen molar-refractivity contribution in [3.8, 4) is 0 Å². The third-order valence-corrected chi connectivity index (χ3v) is 9.29. The Hall–Kier alpha value is -3.15. The fraction of sp³-hybridized carbons (Fsp3) is 0.604. The van der Waals surface area contributed by atoms with E-state index in [9.17, 15) is 30.3 Å². The largest absolute Gasteiger partial charge is 0.394 e. The maximum absolute atomic E-state index is 12.9. The number of nitrogens with one attached hydrogen (secondary N) is 1. The van der Waals surface area contributed by atoms with Crippen LogP contribution in [0.2, 0.25) is 0 Å². The molecule has 6 N–H and O–H groups in total. The average molecular weight is 796 g/mol. The molecule has 1 rings (SSSR count). The van der Waals surface area contributed by atoms with Crippen LogP contribution in [0.5, 0.6) is 0 Å². The van der Waals surface area contributed by atoms with Crippen LogP contribution in [0, 0.1) is 0 Å². The Kier molecular flexibility index (Phi) is 33.8. The van der Waals surface area contributed by atoms with Gasteiger partial charge in [0, 0.05) is 6.42 Å². The van der Waals surface area contributed by atoms with Gasteiger partial charge < -0.3 is 40.3 Å². The molecule has 57 heavy (non-hydrogen) atoms. The first-order valence-corrected chi connectivity index (χ1v) is 21.6. The number of carbonyl (C=O) groups is 1. The zero-order chi connectivity index (χ0) is 41.6. The van der Waals surface area contributed by atoms with Gasteiger partial charge in [-0.15, -0.1) is 0 Å². The quantitative estimate of drug-likeness (QED) is 0.0286. The lowest BCUT2D eigenvalue weighted by Gasteiger charge is -2.40. The van der Waals surface area contributed by atoms with Crippen LogP contribution in [-0.4, -0.2) is 87.5 Å². The number of aliphatic hydroxyl groups excluding tert-OH is 5. The third-order valence-electron chi connectivity index (χ3n) is 9.29. The SMILES string of the molecule is CC/C=C\C/C=C\C/C=C\C/C=C\C/C=C\C/C=C\CCCCCCC(=O)NC(COC1OC(CO)C(O)C(O)C1O)C(O)/C=C/CC/C=C/CC/C=C/CCC. The van der Waals surface area contributed by atoms with Crippen LogP contribution in [0.25, 0.3) is 0 Å². The van der Waals surface area contributed by atoms with Crippen LogP contribution in [-0.2, 0) is 14.3 Å². The topological polar surface area (TPSA) is 149 Å². The van der Waals surface area contributed by atoms with E-state index in [-0.39, 0.29) is 12.5 Å². The molecule has 322 valence electrons. The van der Waals surface area contributed by atoms with E-state index in [1.165, 1.54) is 0 Å². The minimum absolute atomic E-state index is 0.224. The van der Waals surface area contributed by atoms with Crippen molar-refractivity contribution in [2.45, 2.75) is 172 Å². The van der Waals surface area contributed by atoms with E-state index in [0.717, 1.165) is 96.3 Å². The van der Waals surface area contributed by atoms with Gasteiger partial charge in [-0.05, 0) is 89.9 Å². The molecule has 1 amide bonds. The first-order valence-electron chi connectivity index (χ1n) is 21.6. The van der Waals surface area contributed by atoms with Crippen molar-refractivity contribution in [3.63, 3.8) is 0 Å². The molecule has 9 heteroatoms. The number of rotatable bonds is 33. The molecular weight excluding hydrogens is 719 g/mol. The fourth-order valence-corrected chi connectivity index (χ4v) is 5.84. The summed E-state index contributed by atoms with van der Waals surface area (Å²) in [4.78, 5) is 12.9. The van der Waals surface area contributed by atoms with Crippen LogP contribution in [0.15, 0.2) is 109 Å². The molecule has 1 aliphatic heterocycles. The smallest absolute Gasteiger partial charge is 0.220 e. The summed E-state index contributed by atoms with van der Waals surface area (Å²) in [5, 5.41) is 54.0. The van der Waals surface area contributed by atoms with E-state index in [1.807, 2.05) is 6.08 Å². The molecule has 1 fully saturated rings. The Morgan fingerprint density at radius 2 is 1.11 bits per heavy atom. The van der Waals surface area contributed by atoms with Gasteiger partial charge in [0.15, 0.2) is 6.29 Å². The molecule has 9 nitrogen and oxygen atoms in total. The number of carbonyl (C=O) groups excluding carboxylic acids is 1. The molecule has 1 aliphatic rings. The van der Waals surface area contributed by atoms with Crippen molar-refractivity contribution in [3.05, 3.63) is 109 Å². The second kappa shape index (κ2) is 37.1. The Balaban J connectivity index is 2.39. The second-order valence-corrected chi connectivity index (χ2v) is 14.4. The second-order valence-electron chi connectivity index (χ2n) is 14.4. The van der Waals surface area contributed by atoms with Crippen LogP contribution < -0.4 is 5.32 Å². The van der Waals surface area contributed by atoms with Crippen LogP contribution >= 0.6 is 0 Å². The summed E-state index contributed by atoms with van der Waals surface area (Å²) >= 11 is 0. The lowest BCUT2D eigenvalue weighted by atomic mass is 9.99. The standard InChI is InChI=1S/C48H77NO8/c1-3-5-7-9-11-13-15-16-17-18-19-20-21-22-23-24-25-26-28-30-32-34-36-38-44(52)49-41(40-56-48-47(55)46(54)45(53)43(39-50)57-48)42(51)37-35-33-31-29-27-14-12-10-8-6-4-2/h5,7-8,10-11,13,16-17,19-20,22-23,25-27,29,35,37,41-43,45-48,50-51,53-55H,3-4,6,9,12,14-15,18,21,24,28,30-34,36,38-40H2,1-2H3,(H,49,52)/b7-5-,10-8+,13-11-,17-16-,20-19-,23-22-,26-25-,29-27+,37-35+. The molecule has 0 saturated carbocycles. The van der Waals surface area contributed by atoms with E-state index in [4.69, 9.17) is 9.47 Å². The summed E-state index contributed by atoms with van der Waals surface area (Å²) in [6.07, 6.45) is 47.1. The van der Waals surface area contributed by atoms with Crippen LogP contribution in [0.4, 0.5) is 0 Å². The van der Waals surface area contributed by atoms with E-state index in [1.54, 1.807) is 6.08 Å². The van der Waals surface area contributed by atoms with E-state index in [2.05, 4.69) is 116 Å². The van der Waals surface area contributed by atoms with Crippen molar-refractivity contribution < 1.29 is 39.8 Å². The maximum atomic E-state index is 12.9. The normalized spacial score (nSPS) is 22.1. The van der Waals surface area contributed by atoms with Crippen molar-refractivity contribution in [1.82, 2.24) is 5.32 Å². The molecule has 0 aromatic heterocycles. The Labute approximate surface area is 345 Å². The van der Waals surface area contributed by atoms with E-state index >= 15 is 0 Å².